The number of halogens is 4. The molecule has 0 fully saturated rings. The summed E-state index contributed by atoms with van der Waals surface area (Å²) in [5.74, 6) is 1.51. The molecule has 2 nitrogen and oxygen atoms in total. The number of nitrogens with two attached hydrogens (primary N) is 1. The summed E-state index contributed by atoms with van der Waals surface area (Å²) in [4.78, 5) is 0. The molecule has 0 bridgehead atoms. The van der Waals surface area contributed by atoms with Crippen molar-refractivity contribution in [1.29, 1.82) is 0 Å². The van der Waals surface area contributed by atoms with Crippen molar-refractivity contribution in [1.82, 2.24) is 5.43 Å². The molecule has 3 N–H and O–H groups in total. The summed E-state index contributed by atoms with van der Waals surface area (Å²) in [6.45, 7) is 1.44. The van der Waals surface area contributed by atoms with Gasteiger partial charge in [-0.1, -0.05) is 12.1 Å². The number of rotatable bonds is 3. The van der Waals surface area contributed by atoms with Gasteiger partial charge in [0.25, 0.3) is 0 Å². The third-order valence-electron chi connectivity index (χ3n) is 3.05. The van der Waals surface area contributed by atoms with Gasteiger partial charge in [0.05, 0.1) is 6.04 Å². The third-order valence-corrected chi connectivity index (χ3v) is 3.05. The number of aryl methyl sites for hydroxylation is 1. The molecule has 0 amide bonds. The van der Waals surface area contributed by atoms with Crippen LogP contribution in [0.2, 0.25) is 0 Å². The van der Waals surface area contributed by atoms with Crippen molar-refractivity contribution in [2.24, 2.45) is 5.84 Å². The van der Waals surface area contributed by atoms with E-state index in [1.807, 2.05) is 0 Å². The molecule has 0 saturated heterocycles. The van der Waals surface area contributed by atoms with E-state index in [0.29, 0.717) is 6.07 Å². The van der Waals surface area contributed by atoms with Gasteiger partial charge in [0, 0.05) is 17.2 Å². The number of hydrogen-bond acceptors (Lipinski definition) is 2. The van der Waals surface area contributed by atoms with E-state index < -0.39 is 29.3 Å². The Morgan fingerprint density at radius 2 is 1.65 bits per heavy atom. The van der Waals surface area contributed by atoms with E-state index >= 15 is 0 Å². The lowest BCUT2D eigenvalue weighted by Crippen LogP contribution is -2.30. The van der Waals surface area contributed by atoms with Crippen LogP contribution in [-0.2, 0) is 0 Å². The monoisotopic (exact) mass is 284 g/mol. The van der Waals surface area contributed by atoms with Crippen LogP contribution < -0.4 is 11.3 Å². The van der Waals surface area contributed by atoms with E-state index in [9.17, 15) is 17.6 Å². The van der Waals surface area contributed by atoms with E-state index in [1.54, 1.807) is 0 Å². The average Bonchev–Trinajstić information content (AvgIpc) is 2.41. The highest BCUT2D eigenvalue weighted by Crippen LogP contribution is 2.28. The molecular formula is C14H12F4N2. The van der Waals surface area contributed by atoms with Crippen LogP contribution in [0.25, 0.3) is 0 Å². The molecule has 106 valence electrons. The smallest absolute Gasteiger partial charge is 0.163 e. The largest absolute Gasteiger partial charge is 0.271 e. The average molecular weight is 284 g/mol. The fourth-order valence-electron chi connectivity index (χ4n) is 1.99. The highest BCUT2D eigenvalue weighted by molar-refractivity contribution is 5.36. The van der Waals surface area contributed by atoms with Gasteiger partial charge < -0.3 is 0 Å². The zero-order chi connectivity index (χ0) is 14.9. The first-order valence-electron chi connectivity index (χ1n) is 5.81. The molecule has 0 aliphatic heterocycles. The molecule has 0 aromatic heterocycles. The molecule has 0 spiro atoms. The highest BCUT2D eigenvalue weighted by atomic mass is 19.2. The van der Waals surface area contributed by atoms with E-state index in [4.69, 9.17) is 5.84 Å². The van der Waals surface area contributed by atoms with Crippen LogP contribution in [0.15, 0.2) is 30.3 Å². The minimum absolute atomic E-state index is 0.0594. The Morgan fingerprint density at radius 1 is 0.950 bits per heavy atom. The lowest BCUT2D eigenvalue weighted by Gasteiger charge is -2.19. The molecule has 0 heterocycles. The van der Waals surface area contributed by atoms with Crippen molar-refractivity contribution in [2.75, 3.05) is 0 Å². The zero-order valence-corrected chi connectivity index (χ0v) is 10.6. The van der Waals surface area contributed by atoms with Gasteiger partial charge in [0.1, 0.15) is 11.6 Å². The van der Waals surface area contributed by atoms with E-state index in [-0.39, 0.29) is 16.7 Å². The number of hydrazine groups is 1. The topological polar surface area (TPSA) is 38.0 Å². The van der Waals surface area contributed by atoms with Crippen molar-refractivity contribution < 1.29 is 17.6 Å². The third kappa shape index (κ3) is 2.52. The van der Waals surface area contributed by atoms with Crippen LogP contribution in [0.4, 0.5) is 17.6 Å². The molecular weight excluding hydrogens is 272 g/mol. The van der Waals surface area contributed by atoms with Gasteiger partial charge in [0.2, 0.25) is 0 Å². The maximum atomic E-state index is 13.8. The lowest BCUT2D eigenvalue weighted by atomic mass is 9.96. The molecule has 1 atom stereocenters. The van der Waals surface area contributed by atoms with Crippen molar-refractivity contribution in [3.05, 3.63) is 70.3 Å². The fraction of sp³-hybridized carbons (Fsp3) is 0.143. The Hall–Kier alpha value is -1.92. The van der Waals surface area contributed by atoms with Crippen LogP contribution >= 0.6 is 0 Å². The molecule has 6 heteroatoms. The van der Waals surface area contributed by atoms with Crippen molar-refractivity contribution >= 4 is 0 Å². The van der Waals surface area contributed by atoms with Gasteiger partial charge >= 0.3 is 0 Å². The minimum atomic E-state index is -1.13. The van der Waals surface area contributed by atoms with E-state index in [2.05, 4.69) is 5.43 Å². The molecule has 1 unspecified atom stereocenters. The van der Waals surface area contributed by atoms with Gasteiger partial charge in [-0.05, 0) is 24.6 Å². The van der Waals surface area contributed by atoms with Crippen LogP contribution in [0.5, 0.6) is 0 Å². The van der Waals surface area contributed by atoms with Crippen molar-refractivity contribution in [2.45, 2.75) is 13.0 Å². The Kier molecular flexibility index (Phi) is 4.06. The highest BCUT2D eigenvalue weighted by Gasteiger charge is 2.22. The predicted octanol–water partition coefficient (Wildman–Crippen LogP) is 3.10. The summed E-state index contributed by atoms with van der Waals surface area (Å²) in [6, 6.07) is 4.28. The van der Waals surface area contributed by atoms with Gasteiger partial charge in [0.15, 0.2) is 11.6 Å². The van der Waals surface area contributed by atoms with Crippen LogP contribution in [0.3, 0.4) is 0 Å². The molecule has 0 radical (unpaired) electrons. The van der Waals surface area contributed by atoms with Gasteiger partial charge in [-0.15, -0.1) is 0 Å². The van der Waals surface area contributed by atoms with E-state index in [1.165, 1.54) is 25.1 Å². The second-order valence-corrected chi connectivity index (χ2v) is 4.37. The maximum absolute atomic E-state index is 13.8. The standard InChI is InChI=1S/C14H12F4N2/c1-7-5-9(12(17)6-11(7)16)14(20-19)8-3-2-4-10(15)13(8)18/h2-6,14,20H,19H2,1H3. The Labute approximate surface area is 113 Å². The molecule has 2 rings (SSSR count). The Balaban J connectivity index is 2.58. The lowest BCUT2D eigenvalue weighted by molar-refractivity contribution is 0.475. The van der Waals surface area contributed by atoms with Crippen LogP contribution in [-0.4, -0.2) is 0 Å². The Bertz CT molecular complexity index is 643. The Morgan fingerprint density at radius 3 is 2.30 bits per heavy atom. The zero-order valence-electron chi connectivity index (χ0n) is 10.6. The number of nitrogens with one attached hydrogen (secondary N) is 1. The molecule has 2 aromatic rings. The summed E-state index contributed by atoms with van der Waals surface area (Å²) in [6.07, 6.45) is 0. The van der Waals surface area contributed by atoms with Gasteiger partial charge in [-0.3, -0.25) is 5.84 Å². The molecule has 0 aliphatic rings. The summed E-state index contributed by atoms with van der Waals surface area (Å²) in [5.41, 5.74) is 2.19. The number of benzene rings is 2. The quantitative estimate of drug-likeness (QED) is 0.516. The van der Waals surface area contributed by atoms with Gasteiger partial charge in [-0.2, -0.15) is 0 Å². The van der Waals surface area contributed by atoms with Gasteiger partial charge in [-0.25, -0.2) is 23.0 Å². The molecule has 2 aromatic carbocycles. The second kappa shape index (κ2) is 5.60. The fourth-order valence-corrected chi connectivity index (χ4v) is 1.99. The summed E-state index contributed by atoms with van der Waals surface area (Å²) in [5, 5.41) is 0. The normalized spacial score (nSPS) is 12.5. The first-order valence-corrected chi connectivity index (χ1v) is 5.81. The molecule has 20 heavy (non-hydrogen) atoms. The SMILES string of the molecule is Cc1cc(C(NN)c2cccc(F)c2F)c(F)cc1F. The summed E-state index contributed by atoms with van der Waals surface area (Å²) >= 11 is 0. The van der Waals surface area contributed by atoms with E-state index in [0.717, 1.165) is 6.07 Å². The van der Waals surface area contributed by atoms with Crippen molar-refractivity contribution in [3.8, 4) is 0 Å². The maximum Gasteiger partial charge on any atom is 0.163 e. The first-order chi connectivity index (χ1) is 9.45. The number of hydrogen-bond donors (Lipinski definition) is 2. The summed E-state index contributed by atoms with van der Waals surface area (Å²) in [7, 11) is 0. The second-order valence-electron chi connectivity index (χ2n) is 4.37. The van der Waals surface area contributed by atoms with Crippen LogP contribution in [0.1, 0.15) is 22.7 Å². The molecule has 0 aliphatic carbocycles. The minimum Gasteiger partial charge on any atom is -0.271 e. The van der Waals surface area contributed by atoms with Crippen molar-refractivity contribution in [3.63, 3.8) is 0 Å². The molecule has 0 saturated carbocycles. The van der Waals surface area contributed by atoms with Crippen LogP contribution in [0, 0.1) is 30.2 Å². The first kappa shape index (κ1) is 14.5. The summed E-state index contributed by atoms with van der Waals surface area (Å²) < 4.78 is 54.1. The predicted molar refractivity (Wildman–Crippen MR) is 66.6 cm³/mol.